The Morgan fingerprint density at radius 1 is 1.43 bits per heavy atom. The fourth-order valence-electron chi connectivity index (χ4n) is 1.67. The molecule has 0 aromatic carbocycles. The standard InChI is InChI=1S/C13H22ClN3O3S/c1-5-15-13-11(14)6-10(7-16-13)21(18,19)17-12(8-20-4)9(2)3/h6-7,9,12,17H,5,8H2,1-4H3,(H,15,16). The van der Waals surface area contributed by atoms with Crippen LogP contribution in [0, 0.1) is 5.92 Å². The lowest BCUT2D eigenvalue weighted by atomic mass is 10.1. The monoisotopic (exact) mass is 335 g/mol. The molecule has 21 heavy (non-hydrogen) atoms. The number of hydrogen-bond acceptors (Lipinski definition) is 5. The number of aromatic nitrogens is 1. The first-order chi connectivity index (χ1) is 9.81. The van der Waals surface area contributed by atoms with E-state index < -0.39 is 10.0 Å². The van der Waals surface area contributed by atoms with E-state index in [1.54, 1.807) is 0 Å². The number of sulfonamides is 1. The highest BCUT2D eigenvalue weighted by Gasteiger charge is 2.23. The van der Waals surface area contributed by atoms with Crippen LogP contribution in [0.3, 0.4) is 0 Å². The molecule has 0 spiro atoms. The van der Waals surface area contributed by atoms with Crippen molar-refractivity contribution in [3.63, 3.8) is 0 Å². The first-order valence-electron chi connectivity index (χ1n) is 6.72. The first kappa shape index (κ1) is 18.2. The van der Waals surface area contributed by atoms with E-state index in [9.17, 15) is 8.42 Å². The zero-order chi connectivity index (χ0) is 16.0. The third kappa shape index (κ3) is 5.10. The molecular formula is C13H22ClN3O3S. The highest BCUT2D eigenvalue weighted by Crippen LogP contribution is 2.22. The fourth-order valence-corrected chi connectivity index (χ4v) is 3.31. The zero-order valence-electron chi connectivity index (χ0n) is 12.7. The number of rotatable bonds is 8. The van der Waals surface area contributed by atoms with Gasteiger partial charge in [-0.25, -0.2) is 18.1 Å². The van der Waals surface area contributed by atoms with Gasteiger partial charge in [0.15, 0.2) is 0 Å². The van der Waals surface area contributed by atoms with E-state index in [2.05, 4.69) is 15.0 Å². The zero-order valence-corrected chi connectivity index (χ0v) is 14.3. The average Bonchev–Trinajstić information content (AvgIpc) is 2.40. The smallest absolute Gasteiger partial charge is 0.242 e. The van der Waals surface area contributed by atoms with Gasteiger partial charge < -0.3 is 10.1 Å². The summed E-state index contributed by atoms with van der Waals surface area (Å²) in [5.74, 6) is 0.569. The Morgan fingerprint density at radius 2 is 2.10 bits per heavy atom. The van der Waals surface area contributed by atoms with Gasteiger partial charge in [0.05, 0.1) is 11.6 Å². The SMILES string of the molecule is CCNc1ncc(S(=O)(=O)NC(COC)C(C)C)cc1Cl. The van der Waals surface area contributed by atoms with Gasteiger partial charge in [-0.1, -0.05) is 25.4 Å². The molecule has 1 unspecified atom stereocenters. The summed E-state index contributed by atoms with van der Waals surface area (Å²) in [6, 6.07) is 1.08. The molecule has 6 nitrogen and oxygen atoms in total. The molecule has 1 atom stereocenters. The predicted molar refractivity (Wildman–Crippen MR) is 84.2 cm³/mol. The molecule has 120 valence electrons. The summed E-state index contributed by atoms with van der Waals surface area (Å²) >= 11 is 6.03. The van der Waals surface area contributed by atoms with Gasteiger partial charge in [0.2, 0.25) is 10.0 Å². The lowest BCUT2D eigenvalue weighted by Gasteiger charge is -2.21. The molecule has 1 rings (SSSR count). The Kier molecular flexibility index (Phi) is 6.86. The molecule has 0 bridgehead atoms. The van der Waals surface area contributed by atoms with Crippen LogP contribution < -0.4 is 10.0 Å². The van der Waals surface area contributed by atoms with E-state index in [4.69, 9.17) is 16.3 Å². The Labute approximate surface area is 131 Å². The maximum atomic E-state index is 12.4. The fraction of sp³-hybridized carbons (Fsp3) is 0.615. The maximum absolute atomic E-state index is 12.4. The molecule has 0 amide bonds. The number of pyridine rings is 1. The van der Waals surface area contributed by atoms with E-state index in [0.29, 0.717) is 19.0 Å². The summed E-state index contributed by atoms with van der Waals surface area (Å²) in [7, 11) is -2.15. The van der Waals surface area contributed by atoms with Crippen LogP contribution >= 0.6 is 11.6 Å². The van der Waals surface area contributed by atoms with Gasteiger partial charge in [-0.3, -0.25) is 0 Å². The Hall–Kier alpha value is -0.890. The summed E-state index contributed by atoms with van der Waals surface area (Å²) in [5, 5.41) is 3.23. The summed E-state index contributed by atoms with van der Waals surface area (Å²) in [4.78, 5) is 4.08. The summed E-state index contributed by atoms with van der Waals surface area (Å²) < 4.78 is 32.4. The van der Waals surface area contributed by atoms with Gasteiger partial charge in [0.25, 0.3) is 0 Å². The Balaban J connectivity index is 2.99. The van der Waals surface area contributed by atoms with E-state index in [-0.39, 0.29) is 21.9 Å². The number of hydrogen-bond donors (Lipinski definition) is 2. The molecule has 0 aliphatic rings. The molecule has 0 saturated carbocycles. The van der Waals surface area contributed by atoms with E-state index in [1.165, 1.54) is 19.4 Å². The lowest BCUT2D eigenvalue weighted by Crippen LogP contribution is -2.41. The lowest BCUT2D eigenvalue weighted by molar-refractivity contribution is 0.157. The second-order valence-electron chi connectivity index (χ2n) is 4.96. The van der Waals surface area contributed by atoms with Crippen LogP contribution in [0.4, 0.5) is 5.82 Å². The first-order valence-corrected chi connectivity index (χ1v) is 8.58. The number of ether oxygens (including phenoxy) is 1. The highest BCUT2D eigenvalue weighted by atomic mass is 35.5. The minimum absolute atomic E-state index is 0.0379. The molecule has 0 radical (unpaired) electrons. The topological polar surface area (TPSA) is 80.3 Å². The van der Waals surface area contributed by atoms with Crippen molar-refractivity contribution in [1.29, 1.82) is 0 Å². The van der Waals surface area contributed by atoms with Crippen molar-refractivity contribution in [3.8, 4) is 0 Å². The number of halogens is 1. The van der Waals surface area contributed by atoms with Crippen LogP contribution in [0.5, 0.6) is 0 Å². The van der Waals surface area contributed by atoms with Gasteiger partial charge in [-0.2, -0.15) is 0 Å². The largest absolute Gasteiger partial charge is 0.383 e. The van der Waals surface area contributed by atoms with Crippen LogP contribution in [0.25, 0.3) is 0 Å². The van der Waals surface area contributed by atoms with Gasteiger partial charge in [0, 0.05) is 25.9 Å². The molecule has 1 aromatic rings. The number of nitrogens with zero attached hydrogens (tertiary/aromatic N) is 1. The van der Waals surface area contributed by atoms with Gasteiger partial charge in [-0.05, 0) is 18.9 Å². The van der Waals surface area contributed by atoms with Crippen LogP contribution in [0.2, 0.25) is 5.02 Å². The van der Waals surface area contributed by atoms with Gasteiger partial charge in [-0.15, -0.1) is 0 Å². The maximum Gasteiger partial charge on any atom is 0.242 e. The highest BCUT2D eigenvalue weighted by molar-refractivity contribution is 7.89. The second kappa shape index (κ2) is 7.93. The molecule has 0 fully saturated rings. The number of nitrogens with one attached hydrogen (secondary N) is 2. The summed E-state index contributed by atoms with van der Waals surface area (Å²) in [6.07, 6.45) is 1.29. The second-order valence-corrected chi connectivity index (χ2v) is 7.08. The van der Waals surface area contributed by atoms with Crippen molar-refractivity contribution in [3.05, 3.63) is 17.3 Å². The van der Waals surface area contributed by atoms with Crippen LogP contribution in [-0.2, 0) is 14.8 Å². The normalized spacial score (nSPS) is 13.4. The summed E-state index contributed by atoms with van der Waals surface area (Å²) in [5.41, 5.74) is 0. The van der Waals surface area contributed by atoms with Crippen LogP contribution in [0.15, 0.2) is 17.2 Å². The van der Waals surface area contributed by atoms with Crippen LogP contribution in [-0.4, -0.2) is 39.7 Å². The molecule has 0 saturated heterocycles. The summed E-state index contributed by atoms with van der Waals surface area (Å²) in [6.45, 7) is 6.70. The van der Waals surface area contributed by atoms with E-state index in [1.807, 2.05) is 20.8 Å². The minimum Gasteiger partial charge on any atom is -0.383 e. The molecule has 1 heterocycles. The van der Waals surface area contributed by atoms with E-state index in [0.717, 1.165) is 0 Å². The average molecular weight is 336 g/mol. The molecule has 2 N–H and O–H groups in total. The number of anilines is 1. The molecule has 1 aromatic heterocycles. The third-order valence-electron chi connectivity index (χ3n) is 2.93. The van der Waals surface area contributed by atoms with Crippen molar-refractivity contribution >= 4 is 27.4 Å². The van der Waals surface area contributed by atoms with Crippen molar-refractivity contribution < 1.29 is 13.2 Å². The van der Waals surface area contributed by atoms with Crippen molar-refractivity contribution in [2.75, 3.05) is 25.6 Å². The van der Waals surface area contributed by atoms with Crippen LogP contribution in [0.1, 0.15) is 20.8 Å². The predicted octanol–water partition coefficient (Wildman–Crippen LogP) is 2.12. The van der Waals surface area contributed by atoms with Gasteiger partial charge >= 0.3 is 0 Å². The minimum atomic E-state index is -3.69. The third-order valence-corrected chi connectivity index (χ3v) is 4.67. The van der Waals surface area contributed by atoms with Gasteiger partial charge in [0.1, 0.15) is 10.7 Å². The molecule has 0 aliphatic carbocycles. The Morgan fingerprint density at radius 3 is 2.57 bits per heavy atom. The Bertz CT molecular complexity index is 564. The van der Waals surface area contributed by atoms with Crippen molar-refractivity contribution in [2.45, 2.75) is 31.7 Å². The quantitative estimate of drug-likeness (QED) is 0.760. The molecule has 8 heteroatoms. The molecular weight excluding hydrogens is 314 g/mol. The molecule has 0 aliphatic heterocycles. The van der Waals surface area contributed by atoms with Crippen molar-refractivity contribution in [2.24, 2.45) is 5.92 Å². The van der Waals surface area contributed by atoms with E-state index >= 15 is 0 Å². The number of methoxy groups -OCH3 is 1. The van der Waals surface area contributed by atoms with Crippen molar-refractivity contribution in [1.82, 2.24) is 9.71 Å².